The van der Waals surface area contributed by atoms with Crippen molar-refractivity contribution < 1.29 is 14.3 Å². The maximum atomic E-state index is 12.1. The van der Waals surface area contributed by atoms with E-state index in [0.717, 1.165) is 5.56 Å². The van der Waals surface area contributed by atoms with Crippen LogP contribution in [0.4, 0.5) is 5.69 Å². The minimum absolute atomic E-state index is 0.0454. The fourth-order valence-electron chi connectivity index (χ4n) is 1.71. The number of hydrogen-bond donors (Lipinski definition) is 1. The molecule has 1 atom stereocenters. The number of rotatable bonds is 4. The van der Waals surface area contributed by atoms with E-state index in [4.69, 9.17) is 4.74 Å². The van der Waals surface area contributed by atoms with E-state index in [0.29, 0.717) is 5.69 Å². The topological polar surface area (TPSA) is 80.1 Å². The lowest BCUT2D eigenvalue weighted by Gasteiger charge is -2.10. The van der Waals surface area contributed by atoms with Crippen molar-refractivity contribution in [1.82, 2.24) is 0 Å². The van der Waals surface area contributed by atoms with E-state index in [1.54, 1.807) is 19.1 Å². The number of hydrogen-bond acceptors (Lipinski definition) is 5. The number of amides is 1. The van der Waals surface area contributed by atoms with Crippen LogP contribution in [0.1, 0.15) is 12.5 Å². The molecule has 104 valence electrons. The third-order valence-corrected chi connectivity index (χ3v) is 2.72. The van der Waals surface area contributed by atoms with Crippen molar-refractivity contribution in [3.8, 4) is 0 Å². The van der Waals surface area contributed by atoms with Gasteiger partial charge in [-0.05, 0) is 26.0 Å². The summed E-state index contributed by atoms with van der Waals surface area (Å²) in [4.78, 5) is 31.4. The Hall–Kier alpha value is -2.50. The Labute approximate surface area is 116 Å². The molecule has 6 heteroatoms. The second kappa shape index (κ2) is 6.10. The highest BCUT2D eigenvalue weighted by Crippen LogP contribution is 2.11. The van der Waals surface area contributed by atoms with Gasteiger partial charge in [-0.15, -0.1) is 0 Å². The summed E-state index contributed by atoms with van der Waals surface area (Å²) in [5.74, 6) is -1.02. The van der Waals surface area contributed by atoms with Crippen LogP contribution in [-0.2, 0) is 14.3 Å². The summed E-state index contributed by atoms with van der Waals surface area (Å²) in [7, 11) is 0. The van der Waals surface area contributed by atoms with E-state index >= 15 is 0 Å². The van der Waals surface area contributed by atoms with Gasteiger partial charge in [-0.2, -0.15) is 0 Å². The van der Waals surface area contributed by atoms with Crippen molar-refractivity contribution in [3.05, 3.63) is 29.8 Å². The van der Waals surface area contributed by atoms with Gasteiger partial charge in [-0.3, -0.25) is 9.79 Å². The number of aryl methyl sites for hydroxylation is 1. The van der Waals surface area contributed by atoms with Gasteiger partial charge < -0.3 is 10.1 Å². The van der Waals surface area contributed by atoms with Gasteiger partial charge in [0.05, 0.1) is 6.61 Å². The number of ether oxygens (including phenoxy) is 1. The van der Waals surface area contributed by atoms with E-state index in [-0.39, 0.29) is 12.3 Å². The van der Waals surface area contributed by atoms with E-state index < -0.39 is 17.9 Å². The standard InChI is InChI=1S/C14H15N3O3/c1-3-20-14(19)12-11(15-8-16-12)13(18)17-10-6-4-9(2)5-7-10/h4-8,12H,3H2,1-2H3,(H,17,18). The Morgan fingerprint density at radius 1 is 1.30 bits per heavy atom. The summed E-state index contributed by atoms with van der Waals surface area (Å²) in [6.07, 6.45) is 1.20. The highest BCUT2D eigenvalue weighted by atomic mass is 16.5. The largest absolute Gasteiger partial charge is 0.464 e. The molecule has 0 saturated heterocycles. The number of carbonyl (C=O) groups excluding carboxylic acids is 2. The fourth-order valence-corrected chi connectivity index (χ4v) is 1.71. The van der Waals surface area contributed by atoms with E-state index in [1.165, 1.54) is 6.34 Å². The summed E-state index contributed by atoms with van der Waals surface area (Å²) in [5, 5.41) is 2.68. The summed E-state index contributed by atoms with van der Waals surface area (Å²) >= 11 is 0. The minimum atomic E-state index is -0.972. The average Bonchev–Trinajstić information content (AvgIpc) is 2.91. The molecular weight excluding hydrogens is 258 g/mol. The van der Waals surface area contributed by atoms with Gasteiger partial charge in [-0.1, -0.05) is 17.7 Å². The zero-order chi connectivity index (χ0) is 14.5. The van der Waals surface area contributed by atoms with Gasteiger partial charge in [0, 0.05) is 5.69 Å². The molecule has 2 rings (SSSR count). The highest BCUT2D eigenvalue weighted by molar-refractivity contribution is 6.49. The maximum Gasteiger partial charge on any atom is 0.337 e. The molecule has 0 fully saturated rings. The van der Waals surface area contributed by atoms with E-state index in [9.17, 15) is 9.59 Å². The van der Waals surface area contributed by atoms with Crippen LogP contribution in [0.5, 0.6) is 0 Å². The fraction of sp³-hybridized carbons (Fsp3) is 0.286. The summed E-state index contributed by atoms with van der Waals surface area (Å²) in [5.41, 5.74) is 1.77. The van der Waals surface area contributed by atoms with Gasteiger partial charge in [0.1, 0.15) is 12.1 Å². The second-order valence-corrected chi connectivity index (χ2v) is 4.25. The first-order valence-electron chi connectivity index (χ1n) is 6.26. The molecule has 20 heavy (non-hydrogen) atoms. The van der Waals surface area contributed by atoms with Crippen LogP contribution in [0.3, 0.4) is 0 Å². The van der Waals surface area contributed by atoms with Crippen molar-refractivity contribution >= 4 is 29.6 Å². The first kappa shape index (κ1) is 13.9. The number of benzene rings is 1. The van der Waals surface area contributed by atoms with Crippen LogP contribution in [0.2, 0.25) is 0 Å². The zero-order valence-corrected chi connectivity index (χ0v) is 11.3. The third kappa shape index (κ3) is 3.09. The maximum absolute atomic E-state index is 12.1. The van der Waals surface area contributed by atoms with Gasteiger partial charge in [0.2, 0.25) is 0 Å². The normalized spacial score (nSPS) is 16.7. The zero-order valence-electron chi connectivity index (χ0n) is 11.3. The molecule has 6 nitrogen and oxygen atoms in total. The number of aliphatic imine (C=N–C) groups is 2. The molecule has 0 aliphatic carbocycles. The molecule has 1 N–H and O–H groups in total. The van der Waals surface area contributed by atoms with Crippen molar-refractivity contribution in [2.24, 2.45) is 9.98 Å². The van der Waals surface area contributed by atoms with Crippen LogP contribution in [0, 0.1) is 6.92 Å². The number of nitrogens with zero attached hydrogens (tertiary/aromatic N) is 2. The van der Waals surface area contributed by atoms with Gasteiger partial charge in [-0.25, -0.2) is 9.79 Å². The molecule has 0 aromatic heterocycles. The van der Waals surface area contributed by atoms with Crippen LogP contribution in [0.25, 0.3) is 0 Å². The molecule has 0 saturated carbocycles. The van der Waals surface area contributed by atoms with Gasteiger partial charge >= 0.3 is 5.97 Å². The summed E-state index contributed by atoms with van der Waals surface area (Å²) in [6.45, 7) is 3.88. The Kier molecular flexibility index (Phi) is 4.24. The lowest BCUT2D eigenvalue weighted by Crippen LogP contribution is -2.36. The molecule has 1 aliphatic heterocycles. The average molecular weight is 273 g/mol. The van der Waals surface area contributed by atoms with Crippen LogP contribution in [-0.4, -0.2) is 36.6 Å². The van der Waals surface area contributed by atoms with Crippen molar-refractivity contribution in [3.63, 3.8) is 0 Å². The molecule has 0 bridgehead atoms. The number of nitrogens with one attached hydrogen (secondary N) is 1. The monoisotopic (exact) mass is 273 g/mol. The Morgan fingerprint density at radius 2 is 2.00 bits per heavy atom. The minimum Gasteiger partial charge on any atom is -0.464 e. The number of carbonyl (C=O) groups is 2. The predicted octanol–water partition coefficient (Wildman–Crippen LogP) is 1.35. The number of anilines is 1. The lowest BCUT2D eigenvalue weighted by atomic mass is 10.1. The molecule has 1 aromatic carbocycles. The molecule has 1 amide bonds. The van der Waals surface area contributed by atoms with Crippen molar-refractivity contribution in [2.75, 3.05) is 11.9 Å². The van der Waals surface area contributed by atoms with Gasteiger partial charge in [0.15, 0.2) is 6.04 Å². The van der Waals surface area contributed by atoms with Crippen LogP contribution in [0.15, 0.2) is 34.3 Å². The van der Waals surface area contributed by atoms with E-state index in [1.807, 2.05) is 19.1 Å². The Bertz CT molecular complexity index is 576. The molecule has 1 unspecified atom stereocenters. The van der Waals surface area contributed by atoms with Gasteiger partial charge in [0.25, 0.3) is 5.91 Å². The SMILES string of the molecule is CCOC(=O)C1N=CN=C1C(=O)Nc1ccc(C)cc1. The van der Waals surface area contributed by atoms with Crippen molar-refractivity contribution in [2.45, 2.75) is 19.9 Å². The Balaban J connectivity index is 2.05. The first-order chi connectivity index (χ1) is 9.61. The molecular formula is C14H15N3O3. The number of esters is 1. The quantitative estimate of drug-likeness (QED) is 0.841. The summed E-state index contributed by atoms with van der Waals surface area (Å²) in [6, 6.07) is 6.35. The molecule has 1 heterocycles. The third-order valence-electron chi connectivity index (χ3n) is 2.72. The second-order valence-electron chi connectivity index (χ2n) is 4.25. The summed E-state index contributed by atoms with van der Waals surface area (Å²) < 4.78 is 4.86. The Morgan fingerprint density at radius 3 is 2.65 bits per heavy atom. The first-order valence-corrected chi connectivity index (χ1v) is 6.26. The predicted molar refractivity (Wildman–Crippen MR) is 76.2 cm³/mol. The lowest BCUT2D eigenvalue weighted by molar-refractivity contribution is -0.143. The molecule has 1 aliphatic rings. The highest BCUT2D eigenvalue weighted by Gasteiger charge is 2.32. The molecule has 1 aromatic rings. The molecule has 0 radical (unpaired) electrons. The smallest absolute Gasteiger partial charge is 0.337 e. The molecule has 0 spiro atoms. The van der Waals surface area contributed by atoms with Crippen LogP contribution >= 0.6 is 0 Å². The van der Waals surface area contributed by atoms with E-state index in [2.05, 4.69) is 15.3 Å². The van der Waals surface area contributed by atoms with Crippen LogP contribution < -0.4 is 5.32 Å². The van der Waals surface area contributed by atoms with Crippen molar-refractivity contribution in [1.29, 1.82) is 0 Å².